The molecule has 2 saturated carbocycles. The van der Waals surface area contributed by atoms with Crippen molar-refractivity contribution in [3.8, 4) is 0 Å². The third-order valence-electron chi connectivity index (χ3n) is 6.53. The number of carbonyl (C=O) groups is 1. The minimum absolute atomic E-state index is 0.0487. The predicted octanol–water partition coefficient (Wildman–Crippen LogP) is 2.03. The van der Waals surface area contributed by atoms with Gasteiger partial charge < -0.3 is 20.4 Å². The third kappa shape index (κ3) is 4.42. The Kier molecular flexibility index (Phi) is 5.28. The van der Waals surface area contributed by atoms with Gasteiger partial charge in [0, 0.05) is 44.8 Å². The van der Waals surface area contributed by atoms with E-state index >= 15 is 0 Å². The molecule has 4 rings (SSSR count). The average molecular weight is 335 g/mol. The number of nitrogens with zero attached hydrogens (tertiary/aromatic N) is 2. The first-order valence-electron chi connectivity index (χ1n) is 10.3. The van der Waals surface area contributed by atoms with Gasteiger partial charge in [-0.3, -0.25) is 0 Å². The lowest BCUT2D eigenvalue weighted by atomic mass is 10.1. The largest absolute Gasteiger partial charge is 0.338 e. The van der Waals surface area contributed by atoms with Gasteiger partial charge in [-0.25, -0.2) is 4.79 Å². The lowest BCUT2D eigenvalue weighted by molar-refractivity contribution is 0.232. The van der Waals surface area contributed by atoms with Crippen LogP contribution in [-0.2, 0) is 0 Å². The molecule has 2 aliphatic carbocycles. The molecular weight excluding hydrogens is 300 g/mol. The van der Waals surface area contributed by atoms with E-state index in [1.807, 2.05) is 0 Å². The summed E-state index contributed by atoms with van der Waals surface area (Å²) < 4.78 is 0. The van der Waals surface area contributed by atoms with Crippen molar-refractivity contribution in [1.82, 2.24) is 20.4 Å². The molecule has 0 spiro atoms. The maximum atomic E-state index is 12.2. The molecular formula is C19H34N4O. The molecule has 2 saturated heterocycles. The molecule has 0 radical (unpaired) electrons. The summed E-state index contributed by atoms with van der Waals surface area (Å²) in [6.45, 7) is 6.70. The summed E-state index contributed by atoms with van der Waals surface area (Å²) in [5.41, 5.74) is 0. The van der Waals surface area contributed by atoms with Crippen molar-refractivity contribution >= 4 is 6.03 Å². The molecule has 2 atom stereocenters. The first-order valence-corrected chi connectivity index (χ1v) is 10.3. The first-order chi connectivity index (χ1) is 11.8. The Bertz CT molecular complexity index is 433. The van der Waals surface area contributed by atoms with Crippen LogP contribution in [-0.4, -0.2) is 67.2 Å². The van der Waals surface area contributed by atoms with Crippen LogP contribution in [0, 0.1) is 11.8 Å². The zero-order valence-corrected chi connectivity index (χ0v) is 15.0. The van der Waals surface area contributed by atoms with Crippen molar-refractivity contribution in [2.24, 2.45) is 11.8 Å². The van der Waals surface area contributed by atoms with Gasteiger partial charge in [0.15, 0.2) is 0 Å². The minimum atomic E-state index is 0.0487. The second-order valence-corrected chi connectivity index (χ2v) is 8.63. The Morgan fingerprint density at radius 3 is 2.54 bits per heavy atom. The predicted molar refractivity (Wildman–Crippen MR) is 96.0 cm³/mol. The molecule has 0 unspecified atom stereocenters. The van der Waals surface area contributed by atoms with Gasteiger partial charge in [-0.1, -0.05) is 12.8 Å². The molecule has 136 valence electrons. The van der Waals surface area contributed by atoms with Gasteiger partial charge in [-0.2, -0.15) is 0 Å². The molecule has 0 aromatic carbocycles. The fraction of sp³-hybridized carbons (Fsp3) is 0.947. The minimum Gasteiger partial charge on any atom is -0.338 e. The summed E-state index contributed by atoms with van der Waals surface area (Å²) in [7, 11) is 0. The van der Waals surface area contributed by atoms with E-state index in [4.69, 9.17) is 0 Å². The SMILES string of the molecule is O=C(NC[C@H]1CCN(C2CC2)C1)N[C@@H]1CCN(CC2CCCC2)C1. The number of hydrogen-bond acceptors (Lipinski definition) is 3. The molecule has 5 heteroatoms. The number of likely N-dealkylation sites (tertiary alicyclic amines) is 2. The van der Waals surface area contributed by atoms with Crippen LogP contribution in [0.4, 0.5) is 4.79 Å². The van der Waals surface area contributed by atoms with E-state index in [1.54, 1.807) is 0 Å². The van der Waals surface area contributed by atoms with Crippen molar-refractivity contribution < 1.29 is 4.79 Å². The highest BCUT2D eigenvalue weighted by Crippen LogP contribution is 2.31. The lowest BCUT2D eigenvalue weighted by Crippen LogP contribution is -2.45. The molecule has 0 bridgehead atoms. The zero-order valence-electron chi connectivity index (χ0n) is 15.0. The quantitative estimate of drug-likeness (QED) is 0.781. The maximum absolute atomic E-state index is 12.2. The number of carbonyl (C=O) groups excluding carboxylic acids is 1. The molecule has 2 amide bonds. The van der Waals surface area contributed by atoms with Crippen LogP contribution >= 0.6 is 0 Å². The fourth-order valence-electron chi connectivity index (χ4n) is 4.95. The number of rotatable bonds is 6. The molecule has 5 nitrogen and oxygen atoms in total. The van der Waals surface area contributed by atoms with E-state index in [-0.39, 0.29) is 6.03 Å². The fourth-order valence-corrected chi connectivity index (χ4v) is 4.95. The number of amides is 2. The highest BCUT2D eigenvalue weighted by Gasteiger charge is 2.34. The second kappa shape index (κ2) is 7.61. The van der Waals surface area contributed by atoms with Crippen molar-refractivity contribution in [2.45, 2.75) is 63.5 Å². The molecule has 4 fully saturated rings. The number of urea groups is 1. The van der Waals surface area contributed by atoms with Gasteiger partial charge in [0.05, 0.1) is 0 Å². The van der Waals surface area contributed by atoms with Crippen LogP contribution in [0.1, 0.15) is 51.4 Å². The average Bonchev–Trinajstić information content (AvgIpc) is 2.98. The first kappa shape index (κ1) is 16.6. The van der Waals surface area contributed by atoms with Crippen molar-refractivity contribution in [3.05, 3.63) is 0 Å². The van der Waals surface area contributed by atoms with Crippen LogP contribution < -0.4 is 10.6 Å². The van der Waals surface area contributed by atoms with Crippen LogP contribution in [0.15, 0.2) is 0 Å². The third-order valence-corrected chi connectivity index (χ3v) is 6.53. The van der Waals surface area contributed by atoms with E-state index in [0.29, 0.717) is 12.0 Å². The van der Waals surface area contributed by atoms with E-state index in [1.165, 1.54) is 64.6 Å². The van der Waals surface area contributed by atoms with Crippen LogP contribution in [0.25, 0.3) is 0 Å². The van der Waals surface area contributed by atoms with Crippen LogP contribution in [0.3, 0.4) is 0 Å². The Morgan fingerprint density at radius 1 is 0.917 bits per heavy atom. The summed E-state index contributed by atoms with van der Waals surface area (Å²) >= 11 is 0. The monoisotopic (exact) mass is 334 g/mol. The molecule has 24 heavy (non-hydrogen) atoms. The summed E-state index contributed by atoms with van der Waals surface area (Å²) in [4.78, 5) is 17.4. The highest BCUT2D eigenvalue weighted by atomic mass is 16.2. The topological polar surface area (TPSA) is 47.6 Å². The van der Waals surface area contributed by atoms with Crippen molar-refractivity contribution in [2.75, 3.05) is 39.3 Å². The molecule has 0 aromatic rings. The summed E-state index contributed by atoms with van der Waals surface area (Å²) in [6.07, 6.45) is 10.8. The smallest absolute Gasteiger partial charge is 0.315 e. The maximum Gasteiger partial charge on any atom is 0.315 e. The molecule has 4 aliphatic rings. The highest BCUT2D eigenvalue weighted by molar-refractivity contribution is 5.74. The Labute approximate surface area is 146 Å². The second-order valence-electron chi connectivity index (χ2n) is 8.63. The Morgan fingerprint density at radius 2 is 1.75 bits per heavy atom. The zero-order chi connectivity index (χ0) is 16.4. The molecule has 0 aromatic heterocycles. The normalized spacial score (nSPS) is 32.5. The van der Waals surface area contributed by atoms with Crippen LogP contribution in [0.2, 0.25) is 0 Å². The van der Waals surface area contributed by atoms with Gasteiger partial charge >= 0.3 is 6.03 Å². The van der Waals surface area contributed by atoms with E-state index < -0.39 is 0 Å². The van der Waals surface area contributed by atoms with Crippen LogP contribution in [0.5, 0.6) is 0 Å². The Hall–Kier alpha value is -0.810. The van der Waals surface area contributed by atoms with E-state index in [9.17, 15) is 4.79 Å². The summed E-state index contributed by atoms with van der Waals surface area (Å²) in [5, 5.41) is 6.32. The van der Waals surface area contributed by atoms with Crippen molar-refractivity contribution in [3.63, 3.8) is 0 Å². The number of hydrogen-bond donors (Lipinski definition) is 2. The Balaban J connectivity index is 1.11. The number of nitrogens with one attached hydrogen (secondary N) is 2. The van der Waals surface area contributed by atoms with Gasteiger partial charge in [-0.05, 0) is 56.9 Å². The summed E-state index contributed by atoms with van der Waals surface area (Å²) in [6, 6.07) is 1.26. The standard InChI is InChI=1S/C19H34N4O/c24-19(20-11-16-7-10-23(13-16)18-5-6-18)21-17-8-9-22(14-17)12-15-3-1-2-4-15/h15-18H,1-14H2,(H2,20,21,24)/t16-,17-/m1/s1. The van der Waals surface area contributed by atoms with Crippen molar-refractivity contribution in [1.29, 1.82) is 0 Å². The van der Waals surface area contributed by atoms with Gasteiger partial charge in [-0.15, -0.1) is 0 Å². The van der Waals surface area contributed by atoms with Gasteiger partial charge in [0.2, 0.25) is 0 Å². The van der Waals surface area contributed by atoms with E-state index in [0.717, 1.165) is 38.0 Å². The lowest BCUT2D eigenvalue weighted by Gasteiger charge is -2.20. The summed E-state index contributed by atoms with van der Waals surface area (Å²) in [5.74, 6) is 1.56. The molecule has 2 heterocycles. The molecule has 2 N–H and O–H groups in total. The van der Waals surface area contributed by atoms with Gasteiger partial charge in [0.25, 0.3) is 0 Å². The molecule has 2 aliphatic heterocycles. The van der Waals surface area contributed by atoms with E-state index in [2.05, 4.69) is 20.4 Å². The van der Waals surface area contributed by atoms with Gasteiger partial charge in [0.1, 0.15) is 0 Å².